The van der Waals surface area contributed by atoms with Gasteiger partial charge in [-0.1, -0.05) is 11.6 Å². The number of carbonyl (C=O) groups is 1. The Morgan fingerprint density at radius 1 is 1.30 bits per heavy atom. The molecular formula is C18H19NO4. The molecule has 0 unspecified atom stereocenters. The zero-order chi connectivity index (χ0) is 15.6. The predicted molar refractivity (Wildman–Crippen MR) is 82.4 cm³/mol. The van der Waals surface area contributed by atoms with Crippen LogP contribution in [0.25, 0.3) is 0 Å². The highest BCUT2D eigenvalue weighted by atomic mass is 16.7. The van der Waals surface area contributed by atoms with Crippen molar-refractivity contribution < 1.29 is 19.0 Å². The van der Waals surface area contributed by atoms with Crippen LogP contribution in [0, 0.1) is 0 Å². The molecule has 4 aliphatic rings. The van der Waals surface area contributed by atoms with Crippen LogP contribution in [-0.4, -0.2) is 36.4 Å². The Bertz CT molecular complexity index is 726. The van der Waals surface area contributed by atoms with Gasteiger partial charge in [0.15, 0.2) is 11.5 Å². The van der Waals surface area contributed by atoms with Crippen molar-refractivity contribution in [1.82, 2.24) is 4.90 Å². The van der Waals surface area contributed by atoms with Crippen molar-refractivity contribution in [3.8, 4) is 11.5 Å². The van der Waals surface area contributed by atoms with E-state index in [1.807, 2.05) is 0 Å². The van der Waals surface area contributed by atoms with Crippen LogP contribution in [0.1, 0.15) is 36.8 Å². The van der Waals surface area contributed by atoms with E-state index in [1.54, 1.807) is 0 Å². The lowest BCUT2D eigenvalue weighted by atomic mass is 9.74. The summed E-state index contributed by atoms with van der Waals surface area (Å²) in [6.45, 7) is 3.79. The summed E-state index contributed by atoms with van der Waals surface area (Å²) in [6, 6.07) is 4.58. The molecule has 1 aromatic rings. The number of rotatable bonds is 1. The second kappa shape index (κ2) is 4.74. The van der Waals surface area contributed by atoms with E-state index in [9.17, 15) is 4.79 Å². The summed E-state index contributed by atoms with van der Waals surface area (Å²) in [7, 11) is 0. The van der Waals surface area contributed by atoms with Crippen molar-refractivity contribution in [3.05, 3.63) is 34.9 Å². The molecule has 3 atom stereocenters. The fourth-order valence-corrected chi connectivity index (χ4v) is 4.64. The van der Waals surface area contributed by atoms with Crippen LogP contribution in [0.15, 0.2) is 23.8 Å². The highest BCUT2D eigenvalue weighted by Gasteiger charge is 2.47. The standard InChI is InChI=1S/C18H19NO4/c1-10(20)23-14-3-2-11-4-5-19-8-12-6-15-16(22-9-21-15)7-13(12)17(14)18(11)19/h2,6-7,14,17-18H,3-5,8-9H2,1H3/t14-,17+,18+/m0/s1. The number of ether oxygens (including phenoxy) is 3. The Labute approximate surface area is 134 Å². The molecule has 0 bridgehead atoms. The zero-order valence-corrected chi connectivity index (χ0v) is 13.1. The highest BCUT2D eigenvalue weighted by molar-refractivity contribution is 5.66. The molecule has 3 heterocycles. The Kier molecular flexibility index (Phi) is 2.77. The smallest absolute Gasteiger partial charge is 0.302 e. The van der Waals surface area contributed by atoms with Gasteiger partial charge >= 0.3 is 5.97 Å². The van der Waals surface area contributed by atoms with Crippen LogP contribution < -0.4 is 9.47 Å². The van der Waals surface area contributed by atoms with E-state index >= 15 is 0 Å². The van der Waals surface area contributed by atoms with Crippen molar-refractivity contribution in [2.45, 2.75) is 44.4 Å². The summed E-state index contributed by atoms with van der Waals surface area (Å²) < 4.78 is 16.8. The molecule has 1 saturated heterocycles. The van der Waals surface area contributed by atoms with Crippen LogP contribution in [0.2, 0.25) is 0 Å². The van der Waals surface area contributed by atoms with Gasteiger partial charge in [0.1, 0.15) is 6.10 Å². The van der Waals surface area contributed by atoms with Gasteiger partial charge in [-0.2, -0.15) is 0 Å². The van der Waals surface area contributed by atoms with E-state index in [1.165, 1.54) is 23.6 Å². The summed E-state index contributed by atoms with van der Waals surface area (Å²) in [4.78, 5) is 14.1. The number of fused-ring (bicyclic) bond motifs is 3. The molecule has 5 heteroatoms. The molecule has 1 fully saturated rings. The van der Waals surface area contributed by atoms with Crippen molar-refractivity contribution in [3.63, 3.8) is 0 Å². The van der Waals surface area contributed by atoms with Gasteiger partial charge in [-0.3, -0.25) is 9.69 Å². The summed E-state index contributed by atoms with van der Waals surface area (Å²) in [5.41, 5.74) is 4.03. The first kappa shape index (κ1) is 13.4. The molecule has 1 aromatic carbocycles. The van der Waals surface area contributed by atoms with E-state index < -0.39 is 0 Å². The molecule has 1 aliphatic carbocycles. The Balaban J connectivity index is 1.64. The quantitative estimate of drug-likeness (QED) is 0.588. The number of benzene rings is 1. The van der Waals surface area contributed by atoms with Gasteiger partial charge in [-0.25, -0.2) is 0 Å². The van der Waals surface area contributed by atoms with Crippen molar-refractivity contribution in [1.29, 1.82) is 0 Å². The Morgan fingerprint density at radius 2 is 2.13 bits per heavy atom. The van der Waals surface area contributed by atoms with Gasteiger partial charge in [-0.15, -0.1) is 0 Å². The average Bonchev–Trinajstić information content (AvgIpc) is 3.13. The third-order valence-corrected chi connectivity index (χ3v) is 5.50. The maximum Gasteiger partial charge on any atom is 0.302 e. The topological polar surface area (TPSA) is 48.0 Å². The summed E-state index contributed by atoms with van der Waals surface area (Å²) >= 11 is 0. The minimum atomic E-state index is -0.204. The number of hydrogen-bond donors (Lipinski definition) is 0. The summed E-state index contributed by atoms with van der Waals surface area (Å²) in [5.74, 6) is 1.63. The molecule has 0 radical (unpaired) electrons. The van der Waals surface area contributed by atoms with Crippen molar-refractivity contribution in [2.75, 3.05) is 13.3 Å². The molecule has 120 valence electrons. The third kappa shape index (κ3) is 1.92. The molecule has 0 saturated carbocycles. The predicted octanol–water partition coefficient (Wildman–Crippen LogP) is 2.35. The monoisotopic (exact) mass is 313 g/mol. The van der Waals surface area contributed by atoms with Crippen LogP contribution in [-0.2, 0) is 16.1 Å². The summed E-state index contributed by atoms with van der Waals surface area (Å²) in [5, 5.41) is 0. The lowest BCUT2D eigenvalue weighted by Crippen LogP contribution is -2.46. The van der Waals surface area contributed by atoms with Gasteiger partial charge in [0.05, 0.1) is 0 Å². The SMILES string of the molecule is CC(=O)O[C@H]1CC=C2CCN3Cc4cc5c(cc4[C@H]1[C@@H]23)OCO5. The lowest BCUT2D eigenvalue weighted by molar-refractivity contribution is -0.148. The van der Waals surface area contributed by atoms with Crippen LogP contribution >= 0.6 is 0 Å². The fraction of sp³-hybridized carbons (Fsp3) is 0.500. The fourth-order valence-electron chi connectivity index (χ4n) is 4.64. The second-order valence-corrected chi connectivity index (χ2v) is 6.76. The van der Waals surface area contributed by atoms with Crippen molar-refractivity contribution >= 4 is 5.97 Å². The average molecular weight is 313 g/mol. The molecule has 5 rings (SSSR count). The van der Waals surface area contributed by atoms with Crippen LogP contribution in [0.5, 0.6) is 11.5 Å². The van der Waals surface area contributed by atoms with Gasteiger partial charge in [-0.05, 0) is 29.7 Å². The first-order valence-electron chi connectivity index (χ1n) is 8.23. The van der Waals surface area contributed by atoms with Crippen LogP contribution in [0.3, 0.4) is 0 Å². The maximum atomic E-state index is 11.6. The lowest BCUT2D eigenvalue weighted by Gasteiger charge is -2.44. The van der Waals surface area contributed by atoms with Gasteiger partial charge < -0.3 is 14.2 Å². The number of nitrogens with zero attached hydrogens (tertiary/aromatic N) is 1. The van der Waals surface area contributed by atoms with E-state index in [0.717, 1.165) is 37.4 Å². The van der Waals surface area contributed by atoms with E-state index in [2.05, 4.69) is 23.1 Å². The minimum absolute atomic E-state index is 0.0960. The van der Waals surface area contributed by atoms with Gasteiger partial charge in [0, 0.05) is 38.4 Å². The zero-order valence-electron chi connectivity index (χ0n) is 13.1. The second-order valence-electron chi connectivity index (χ2n) is 6.76. The first-order chi connectivity index (χ1) is 11.2. The first-order valence-corrected chi connectivity index (χ1v) is 8.23. The normalized spacial score (nSPS) is 30.5. The van der Waals surface area contributed by atoms with Crippen molar-refractivity contribution in [2.24, 2.45) is 0 Å². The minimum Gasteiger partial charge on any atom is -0.462 e. The number of esters is 1. The van der Waals surface area contributed by atoms with E-state index in [4.69, 9.17) is 14.2 Å². The third-order valence-electron chi connectivity index (χ3n) is 5.50. The Hall–Kier alpha value is -2.01. The molecule has 0 amide bonds. The van der Waals surface area contributed by atoms with E-state index in [-0.39, 0.29) is 24.8 Å². The maximum absolute atomic E-state index is 11.6. The molecule has 5 nitrogen and oxygen atoms in total. The molecule has 3 aliphatic heterocycles. The molecule has 23 heavy (non-hydrogen) atoms. The molecule has 0 N–H and O–H groups in total. The Morgan fingerprint density at radius 3 is 2.96 bits per heavy atom. The molecule has 0 spiro atoms. The largest absolute Gasteiger partial charge is 0.462 e. The molecule has 0 aromatic heterocycles. The van der Waals surface area contributed by atoms with E-state index in [0.29, 0.717) is 6.04 Å². The van der Waals surface area contributed by atoms with Gasteiger partial charge in [0.25, 0.3) is 0 Å². The van der Waals surface area contributed by atoms with Gasteiger partial charge in [0.2, 0.25) is 6.79 Å². The van der Waals surface area contributed by atoms with Crippen LogP contribution in [0.4, 0.5) is 0 Å². The highest BCUT2D eigenvalue weighted by Crippen LogP contribution is 2.50. The summed E-state index contributed by atoms with van der Waals surface area (Å²) in [6.07, 6.45) is 4.11. The molecular weight excluding hydrogens is 294 g/mol. The number of carbonyl (C=O) groups excluding carboxylic acids is 1. The number of hydrogen-bond acceptors (Lipinski definition) is 5.